The first kappa shape index (κ1) is 23.5. The molecule has 0 aromatic heterocycles. The van der Waals surface area contributed by atoms with Crippen LogP contribution in [0.15, 0.2) is 24.3 Å². The van der Waals surface area contributed by atoms with Crippen LogP contribution in [0.25, 0.3) is 0 Å². The molecule has 1 amide bonds. The molecule has 2 aliphatic heterocycles. The zero-order valence-corrected chi connectivity index (χ0v) is 18.5. The summed E-state index contributed by atoms with van der Waals surface area (Å²) < 4.78 is 10.6. The predicted molar refractivity (Wildman–Crippen MR) is 114 cm³/mol. The Hall–Kier alpha value is -2.16. The number of carboxylic acids is 1. The molecular weight excluding hydrogens is 424 g/mol. The largest absolute Gasteiger partial charge is 0.480 e. The van der Waals surface area contributed by atoms with Gasteiger partial charge in [-0.3, -0.25) is 14.9 Å². The van der Waals surface area contributed by atoms with Crippen molar-refractivity contribution in [2.75, 3.05) is 19.8 Å². The van der Waals surface area contributed by atoms with Gasteiger partial charge in [0.25, 0.3) is 0 Å². The number of amides is 1. The van der Waals surface area contributed by atoms with Crippen LogP contribution in [0.3, 0.4) is 0 Å². The van der Waals surface area contributed by atoms with Gasteiger partial charge in [0.15, 0.2) is 0 Å². The van der Waals surface area contributed by atoms with Crippen molar-refractivity contribution >= 4 is 29.4 Å². The minimum atomic E-state index is -1.01. The predicted octanol–water partition coefficient (Wildman–Crippen LogP) is 1.88. The fourth-order valence-electron chi connectivity index (χ4n) is 4.36. The van der Waals surface area contributed by atoms with Gasteiger partial charge in [-0.1, -0.05) is 23.7 Å². The number of rotatable bonds is 9. The third-order valence-electron chi connectivity index (χ3n) is 5.95. The number of carboxylic acid groups (broad SMARTS) is 1. The van der Waals surface area contributed by atoms with Crippen molar-refractivity contribution in [1.82, 2.24) is 10.2 Å². The Labute approximate surface area is 186 Å². The van der Waals surface area contributed by atoms with E-state index >= 15 is 0 Å². The molecule has 0 aliphatic carbocycles. The van der Waals surface area contributed by atoms with Crippen LogP contribution in [0.1, 0.15) is 32.3 Å². The molecule has 2 N–H and O–H groups in total. The van der Waals surface area contributed by atoms with Crippen molar-refractivity contribution < 1.29 is 29.0 Å². The van der Waals surface area contributed by atoms with E-state index in [-0.39, 0.29) is 24.5 Å². The van der Waals surface area contributed by atoms with Crippen LogP contribution in [0, 0.1) is 5.92 Å². The quantitative estimate of drug-likeness (QED) is 0.551. The number of nitrogens with zero attached hydrogens (tertiary/aromatic N) is 1. The molecule has 4 unspecified atom stereocenters. The maximum Gasteiger partial charge on any atom is 0.326 e. The van der Waals surface area contributed by atoms with Gasteiger partial charge in [-0.2, -0.15) is 0 Å². The summed E-state index contributed by atoms with van der Waals surface area (Å²) >= 11 is 5.93. The van der Waals surface area contributed by atoms with Crippen LogP contribution in [0.2, 0.25) is 5.02 Å². The van der Waals surface area contributed by atoms with Gasteiger partial charge in [-0.25, -0.2) is 4.79 Å². The number of benzene rings is 1. The number of fused-ring (bicyclic) bond motifs is 1. The van der Waals surface area contributed by atoms with Gasteiger partial charge in [0.05, 0.1) is 31.9 Å². The molecule has 1 aromatic rings. The summed E-state index contributed by atoms with van der Waals surface area (Å²) in [5.74, 6) is -1.76. The Morgan fingerprint density at radius 3 is 2.65 bits per heavy atom. The van der Waals surface area contributed by atoms with E-state index in [2.05, 4.69) is 5.32 Å². The number of likely N-dealkylation sites (tertiary alicyclic amines) is 1. The monoisotopic (exact) mass is 452 g/mol. The third-order valence-corrected chi connectivity index (χ3v) is 6.20. The Morgan fingerprint density at radius 1 is 1.29 bits per heavy atom. The van der Waals surface area contributed by atoms with Gasteiger partial charge in [-0.15, -0.1) is 0 Å². The summed E-state index contributed by atoms with van der Waals surface area (Å²) in [6.45, 7) is 4.41. The average Bonchev–Trinajstić information content (AvgIpc) is 3.33. The lowest BCUT2D eigenvalue weighted by atomic mass is 10.0. The minimum Gasteiger partial charge on any atom is -0.480 e. The van der Waals surface area contributed by atoms with E-state index < -0.39 is 30.1 Å². The highest BCUT2D eigenvalue weighted by molar-refractivity contribution is 6.30. The molecule has 2 heterocycles. The number of halogens is 1. The molecule has 3 rings (SSSR count). The number of nitrogens with one attached hydrogen (secondary N) is 1. The lowest BCUT2D eigenvalue weighted by molar-refractivity contribution is -0.152. The van der Waals surface area contributed by atoms with Crippen molar-refractivity contribution in [3.63, 3.8) is 0 Å². The Kier molecular flexibility index (Phi) is 7.91. The number of aryl methyl sites for hydroxylation is 1. The van der Waals surface area contributed by atoms with Crippen LogP contribution < -0.4 is 5.32 Å². The SMILES string of the molecule is CCOC(=O)C(CCc1ccc(Cl)cc1)N[C@@H](C)C(=O)N1C(C(=O)O)CC2COCC21. The minimum absolute atomic E-state index is 0.0306. The Balaban J connectivity index is 1.68. The summed E-state index contributed by atoms with van der Waals surface area (Å²) in [6, 6.07) is 4.79. The number of hydrogen-bond donors (Lipinski definition) is 2. The topological polar surface area (TPSA) is 105 Å². The molecule has 5 atom stereocenters. The van der Waals surface area contributed by atoms with Crippen LogP contribution in [-0.2, 0) is 30.3 Å². The molecule has 31 heavy (non-hydrogen) atoms. The van der Waals surface area contributed by atoms with Crippen molar-refractivity contribution in [2.24, 2.45) is 5.92 Å². The molecule has 8 nitrogen and oxygen atoms in total. The first-order chi connectivity index (χ1) is 14.8. The fraction of sp³-hybridized carbons (Fsp3) is 0.591. The second-order valence-electron chi connectivity index (χ2n) is 8.06. The van der Waals surface area contributed by atoms with Crippen LogP contribution in [0.5, 0.6) is 0 Å². The summed E-state index contributed by atoms with van der Waals surface area (Å²) in [7, 11) is 0. The number of hydrogen-bond acceptors (Lipinski definition) is 6. The van der Waals surface area contributed by atoms with E-state index in [4.69, 9.17) is 21.1 Å². The van der Waals surface area contributed by atoms with Gasteiger partial charge in [0.1, 0.15) is 12.1 Å². The zero-order chi connectivity index (χ0) is 22.5. The second-order valence-corrected chi connectivity index (χ2v) is 8.49. The molecule has 9 heteroatoms. The van der Waals surface area contributed by atoms with Crippen molar-refractivity contribution in [2.45, 2.75) is 57.3 Å². The molecule has 1 aromatic carbocycles. The van der Waals surface area contributed by atoms with E-state index in [0.29, 0.717) is 37.5 Å². The summed E-state index contributed by atoms with van der Waals surface area (Å²) in [6.07, 6.45) is 1.40. The van der Waals surface area contributed by atoms with E-state index in [1.165, 1.54) is 4.90 Å². The van der Waals surface area contributed by atoms with Crippen LogP contribution in [-0.4, -0.2) is 71.8 Å². The van der Waals surface area contributed by atoms with Gasteiger partial charge in [0, 0.05) is 10.9 Å². The van der Waals surface area contributed by atoms with Gasteiger partial charge < -0.3 is 19.5 Å². The van der Waals surface area contributed by atoms with Gasteiger partial charge in [0.2, 0.25) is 5.91 Å². The van der Waals surface area contributed by atoms with E-state index in [9.17, 15) is 19.5 Å². The Morgan fingerprint density at radius 2 is 2.00 bits per heavy atom. The van der Waals surface area contributed by atoms with E-state index in [1.807, 2.05) is 12.1 Å². The molecule has 0 radical (unpaired) electrons. The summed E-state index contributed by atoms with van der Waals surface area (Å²) in [4.78, 5) is 38.9. The zero-order valence-electron chi connectivity index (χ0n) is 17.8. The van der Waals surface area contributed by atoms with Crippen LogP contribution >= 0.6 is 11.6 Å². The van der Waals surface area contributed by atoms with Crippen molar-refractivity contribution in [3.05, 3.63) is 34.9 Å². The fourth-order valence-corrected chi connectivity index (χ4v) is 4.48. The highest BCUT2D eigenvalue weighted by Gasteiger charge is 2.50. The normalized spacial score (nSPS) is 24.5. The standard InChI is InChI=1S/C22H29ClN2O6/c1-3-31-22(29)17(9-6-14-4-7-16(23)8-5-14)24-13(2)20(26)25-18(21(27)28)10-15-11-30-12-19(15)25/h4-5,7-8,13,15,17-19,24H,3,6,9-12H2,1-2H3,(H,27,28)/t13-,15?,17?,18?,19?/m0/s1. The molecule has 2 aliphatic rings. The molecule has 170 valence electrons. The highest BCUT2D eigenvalue weighted by Crippen LogP contribution is 2.35. The number of esters is 1. The smallest absolute Gasteiger partial charge is 0.326 e. The molecular formula is C22H29ClN2O6. The average molecular weight is 453 g/mol. The summed E-state index contributed by atoms with van der Waals surface area (Å²) in [5, 5.41) is 13.3. The van der Waals surface area contributed by atoms with Crippen LogP contribution in [0.4, 0.5) is 0 Å². The maximum atomic E-state index is 13.2. The molecule has 0 saturated carbocycles. The third kappa shape index (κ3) is 5.56. The molecule has 0 bridgehead atoms. The van der Waals surface area contributed by atoms with E-state index in [0.717, 1.165) is 5.56 Å². The maximum absolute atomic E-state index is 13.2. The summed E-state index contributed by atoms with van der Waals surface area (Å²) in [5.41, 5.74) is 1.01. The number of carbonyl (C=O) groups excluding carboxylic acids is 2. The Bertz CT molecular complexity index is 802. The second kappa shape index (κ2) is 10.4. The molecule has 2 fully saturated rings. The van der Waals surface area contributed by atoms with Crippen molar-refractivity contribution in [1.29, 1.82) is 0 Å². The van der Waals surface area contributed by atoms with Crippen molar-refractivity contribution in [3.8, 4) is 0 Å². The molecule has 0 spiro atoms. The number of ether oxygens (including phenoxy) is 2. The molecule has 2 saturated heterocycles. The van der Waals surface area contributed by atoms with Gasteiger partial charge >= 0.3 is 11.9 Å². The number of aliphatic carboxylic acids is 1. The highest BCUT2D eigenvalue weighted by atomic mass is 35.5. The number of carbonyl (C=O) groups is 3. The van der Waals surface area contributed by atoms with E-state index in [1.54, 1.807) is 26.0 Å². The lowest BCUT2D eigenvalue weighted by Crippen LogP contribution is -2.55. The van der Waals surface area contributed by atoms with Gasteiger partial charge in [-0.05, 0) is 50.8 Å². The first-order valence-electron chi connectivity index (χ1n) is 10.6. The first-order valence-corrected chi connectivity index (χ1v) is 11.0. The lowest BCUT2D eigenvalue weighted by Gasteiger charge is -2.31.